The standard InChI is InChI=1S/C26H23N7O2S/c1-17-5-9-22(10-6-17)36(34,35)32-12-11-23-26(32)28-16-24-30-31-25(33(23)24)19-7-8-21(14-19)29-20-4-2-3-18(13-20)15-27/h2-6,9-13,16,19,21,29H,7-8,14H2,1H3/t19-,21-/m1/s1. The topological polar surface area (TPSA) is 118 Å². The van der Waals surface area contributed by atoms with Crippen LogP contribution in [0.25, 0.3) is 16.8 Å². The fourth-order valence-electron chi connectivity index (χ4n) is 5.00. The van der Waals surface area contributed by atoms with Crippen LogP contribution in [0.15, 0.2) is 71.9 Å². The van der Waals surface area contributed by atoms with Gasteiger partial charge in [-0.15, -0.1) is 10.2 Å². The number of hydrogen-bond acceptors (Lipinski definition) is 7. The van der Waals surface area contributed by atoms with Gasteiger partial charge in [-0.05, 0) is 62.6 Å². The van der Waals surface area contributed by atoms with Crippen LogP contribution in [-0.2, 0) is 10.0 Å². The Bertz CT molecular complexity index is 1750. The van der Waals surface area contributed by atoms with Crippen LogP contribution in [0, 0.1) is 18.3 Å². The normalized spacial score (nSPS) is 18.0. The molecule has 1 aliphatic carbocycles. The first-order valence-corrected chi connectivity index (χ1v) is 13.2. The summed E-state index contributed by atoms with van der Waals surface area (Å²) in [5.74, 6) is 0.956. The van der Waals surface area contributed by atoms with E-state index in [0.717, 1.165) is 36.3 Å². The molecule has 1 N–H and O–H groups in total. The summed E-state index contributed by atoms with van der Waals surface area (Å²) in [4.78, 5) is 4.64. The minimum absolute atomic E-state index is 0.152. The number of fused-ring (bicyclic) bond motifs is 3. The van der Waals surface area contributed by atoms with E-state index in [9.17, 15) is 8.42 Å². The van der Waals surface area contributed by atoms with E-state index in [1.54, 1.807) is 42.6 Å². The van der Waals surface area contributed by atoms with E-state index >= 15 is 0 Å². The van der Waals surface area contributed by atoms with E-state index in [2.05, 4.69) is 26.6 Å². The molecule has 2 aromatic carbocycles. The Morgan fingerprint density at radius 2 is 1.92 bits per heavy atom. The minimum Gasteiger partial charge on any atom is -0.382 e. The fourth-order valence-corrected chi connectivity index (χ4v) is 6.29. The Morgan fingerprint density at radius 3 is 2.72 bits per heavy atom. The molecule has 0 saturated heterocycles. The number of hydrogen-bond donors (Lipinski definition) is 1. The second kappa shape index (κ2) is 8.46. The molecule has 1 saturated carbocycles. The van der Waals surface area contributed by atoms with Crippen molar-refractivity contribution in [2.45, 2.75) is 43.0 Å². The van der Waals surface area contributed by atoms with Gasteiger partial charge in [-0.3, -0.25) is 4.40 Å². The maximum Gasteiger partial charge on any atom is 0.269 e. The lowest BCUT2D eigenvalue weighted by Crippen LogP contribution is -2.15. The smallest absolute Gasteiger partial charge is 0.269 e. The molecule has 10 heteroatoms. The highest BCUT2D eigenvalue weighted by atomic mass is 32.2. The molecule has 0 aliphatic heterocycles. The van der Waals surface area contributed by atoms with Crippen molar-refractivity contribution < 1.29 is 8.42 Å². The zero-order valence-electron chi connectivity index (χ0n) is 19.5. The Labute approximate surface area is 208 Å². The minimum atomic E-state index is -3.80. The number of benzene rings is 2. The van der Waals surface area contributed by atoms with Gasteiger partial charge in [0.25, 0.3) is 10.0 Å². The van der Waals surface area contributed by atoms with Crippen molar-refractivity contribution in [3.8, 4) is 6.07 Å². The molecule has 2 atom stereocenters. The SMILES string of the molecule is Cc1ccc(S(=O)(=O)n2ccc3c2ncc2nnc([C@@H]4CC[C@@H](Nc5cccc(C#N)c5)C4)n23)cc1. The third-order valence-electron chi connectivity index (χ3n) is 6.80. The van der Waals surface area contributed by atoms with E-state index in [0.29, 0.717) is 22.4 Å². The monoisotopic (exact) mass is 497 g/mol. The zero-order chi connectivity index (χ0) is 24.9. The van der Waals surface area contributed by atoms with Crippen LogP contribution in [0.4, 0.5) is 5.69 Å². The molecule has 180 valence electrons. The van der Waals surface area contributed by atoms with E-state index in [1.807, 2.05) is 29.5 Å². The molecule has 3 heterocycles. The van der Waals surface area contributed by atoms with Crippen LogP contribution >= 0.6 is 0 Å². The van der Waals surface area contributed by atoms with Crippen molar-refractivity contribution in [2.75, 3.05) is 5.32 Å². The molecular formula is C26H23N7O2S. The van der Waals surface area contributed by atoms with E-state index < -0.39 is 10.0 Å². The average molecular weight is 498 g/mol. The van der Waals surface area contributed by atoms with Gasteiger partial charge in [0.2, 0.25) is 0 Å². The van der Waals surface area contributed by atoms with Crippen molar-refractivity contribution in [3.63, 3.8) is 0 Å². The van der Waals surface area contributed by atoms with Crippen molar-refractivity contribution >= 4 is 32.5 Å². The summed E-state index contributed by atoms with van der Waals surface area (Å²) < 4.78 is 29.8. The molecule has 0 bridgehead atoms. The van der Waals surface area contributed by atoms with Gasteiger partial charge in [-0.1, -0.05) is 23.8 Å². The summed E-state index contributed by atoms with van der Waals surface area (Å²) in [7, 11) is -3.80. The summed E-state index contributed by atoms with van der Waals surface area (Å²) in [5.41, 5.74) is 4.11. The Morgan fingerprint density at radius 1 is 1.08 bits per heavy atom. The summed E-state index contributed by atoms with van der Waals surface area (Å²) in [6, 6.07) is 18.4. The summed E-state index contributed by atoms with van der Waals surface area (Å²) in [5, 5.41) is 21.5. The van der Waals surface area contributed by atoms with Gasteiger partial charge in [0.15, 0.2) is 11.3 Å². The Balaban J connectivity index is 1.34. The van der Waals surface area contributed by atoms with Crippen molar-refractivity contribution in [3.05, 3.63) is 83.9 Å². The number of nitrogens with one attached hydrogen (secondary N) is 1. The first-order chi connectivity index (χ1) is 17.4. The summed E-state index contributed by atoms with van der Waals surface area (Å²) >= 11 is 0. The third kappa shape index (κ3) is 3.69. The number of anilines is 1. The second-order valence-electron chi connectivity index (χ2n) is 9.19. The number of nitrogens with zero attached hydrogens (tertiary/aromatic N) is 6. The summed E-state index contributed by atoms with van der Waals surface area (Å²) in [6.45, 7) is 1.92. The van der Waals surface area contributed by atoms with Crippen molar-refractivity contribution in [1.82, 2.24) is 23.6 Å². The number of rotatable bonds is 5. The molecular weight excluding hydrogens is 474 g/mol. The Hall–Kier alpha value is -4.23. The molecule has 1 aliphatic rings. The lowest BCUT2D eigenvalue weighted by atomic mass is 10.1. The third-order valence-corrected chi connectivity index (χ3v) is 8.48. The highest BCUT2D eigenvalue weighted by Gasteiger charge is 2.30. The van der Waals surface area contributed by atoms with Crippen LogP contribution in [0.2, 0.25) is 0 Å². The van der Waals surface area contributed by atoms with Crippen LogP contribution in [0.5, 0.6) is 0 Å². The Kier molecular flexibility index (Phi) is 5.23. The van der Waals surface area contributed by atoms with Crippen LogP contribution in [0.1, 0.15) is 42.1 Å². The van der Waals surface area contributed by atoms with E-state index in [-0.39, 0.29) is 16.9 Å². The molecule has 0 spiro atoms. The van der Waals surface area contributed by atoms with E-state index in [4.69, 9.17) is 5.26 Å². The average Bonchev–Trinajstić information content (AvgIpc) is 3.62. The lowest BCUT2D eigenvalue weighted by Gasteiger charge is -2.14. The second-order valence-corrected chi connectivity index (χ2v) is 11.0. The van der Waals surface area contributed by atoms with Gasteiger partial charge in [0.05, 0.1) is 28.2 Å². The first kappa shape index (κ1) is 22.2. The van der Waals surface area contributed by atoms with Gasteiger partial charge in [-0.25, -0.2) is 17.4 Å². The van der Waals surface area contributed by atoms with Crippen LogP contribution < -0.4 is 5.32 Å². The molecule has 3 aromatic heterocycles. The molecule has 5 aromatic rings. The van der Waals surface area contributed by atoms with E-state index in [1.165, 1.54) is 10.2 Å². The van der Waals surface area contributed by atoms with Gasteiger partial charge in [-0.2, -0.15) is 5.26 Å². The largest absolute Gasteiger partial charge is 0.382 e. The number of nitriles is 1. The number of aryl methyl sites for hydroxylation is 1. The first-order valence-electron chi connectivity index (χ1n) is 11.7. The molecule has 0 amide bonds. The van der Waals surface area contributed by atoms with Gasteiger partial charge < -0.3 is 5.32 Å². The van der Waals surface area contributed by atoms with Crippen LogP contribution in [0.3, 0.4) is 0 Å². The molecule has 36 heavy (non-hydrogen) atoms. The molecule has 9 nitrogen and oxygen atoms in total. The molecule has 0 radical (unpaired) electrons. The van der Waals surface area contributed by atoms with Gasteiger partial charge >= 0.3 is 0 Å². The fraction of sp³-hybridized carbons (Fsp3) is 0.231. The van der Waals surface area contributed by atoms with Crippen LogP contribution in [-0.4, -0.2) is 38.0 Å². The molecule has 6 rings (SSSR count). The van der Waals surface area contributed by atoms with Crippen molar-refractivity contribution in [1.29, 1.82) is 5.26 Å². The summed E-state index contributed by atoms with van der Waals surface area (Å²) in [6.07, 6.45) is 5.83. The zero-order valence-corrected chi connectivity index (χ0v) is 20.4. The van der Waals surface area contributed by atoms with Gasteiger partial charge in [0, 0.05) is 23.8 Å². The lowest BCUT2D eigenvalue weighted by molar-refractivity contribution is 0.588. The predicted molar refractivity (Wildman–Crippen MR) is 135 cm³/mol. The maximum absolute atomic E-state index is 13.4. The number of aromatic nitrogens is 5. The molecule has 0 unspecified atom stereocenters. The quantitative estimate of drug-likeness (QED) is 0.386. The highest BCUT2D eigenvalue weighted by molar-refractivity contribution is 7.90. The highest BCUT2D eigenvalue weighted by Crippen LogP contribution is 2.36. The predicted octanol–water partition coefficient (Wildman–Crippen LogP) is 4.24. The van der Waals surface area contributed by atoms with Gasteiger partial charge in [0.1, 0.15) is 5.82 Å². The molecule has 1 fully saturated rings. The maximum atomic E-state index is 13.4. The van der Waals surface area contributed by atoms with Crippen molar-refractivity contribution in [2.24, 2.45) is 0 Å².